The van der Waals surface area contributed by atoms with E-state index in [1.165, 1.54) is 66.7 Å². The molecule has 0 aliphatic rings. The molecule has 132 valence electrons. The number of halogens is 1. The van der Waals surface area contributed by atoms with Crippen molar-refractivity contribution in [1.82, 2.24) is 0 Å². The molecule has 0 fully saturated rings. The molecule has 0 unspecified atom stereocenters. The smallest absolute Gasteiger partial charge is 0.193 e. The van der Waals surface area contributed by atoms with Gasteiger partial charge in [0.05, 0.1) is 6.10 Å². The lowest BCUT2D eigenvalue weighted by atomic mass is 10.1. The summed E-state index contributed by atoms with van der Waals surface area (Å²) in [4.78, 5) is 0. The lowest BCUT2D eigenvalue weighted by molar-refractivity contribution is 0.205. The molecule has 0 amide bonds. The molecule has 0 spiro atoms. The maximum atomic E-state index is 6.92. The Bertz CT molecular complexity index is 414. The first kappa shape index (κ1) is 20.9. The highest BCUT2D eigenvalue weighted by molar-refractivity contribution is 9.10. The molecule has 0 aliphatic heterocycles. The highest BCUT2D eigenvalue weighted by Crippen LogP contribution is 2.36. The standard InChI is InChI=1S/C20H35BrOSi/c1-5-8-15-23(16-9-6-2,17-10-7-3)22-18(4)19-13-11-12-14-20(19)21/h11-14,18H,5-10,15-17H2,1-4H3/t18-/m0/s1. The molecule has 0 aromatic heterocycles. The summed E-state index contributed by atoms with van der Waals surface area (Å²) in [6.07, 6.45) is 7.99. The molecule has 23 heavy (non-hydrogen) atoms. The number of benzene rings is 1. The highest BCUT2D eigenvalue weighted by Gasteiger charge is 2.35. The largest absolute Gasteiger partial charge is 0.410 e. The van der Waals surface area contributed by atoms with Crippen LogP contribution in [-0.4, -0.2) is 8.32 Å². The van der Waals surface area contributed by atoms with E-state index < -0.39 is 8.32 Å². The van der Waals surface area contributed by atoms with E-state index in [0.717, 1.165) is 0 Å². The lowest BCUT2D eigenvalue weighted by Gasteiger charge is -2.35. The van der Waals surface area contributed by atoms with Gasteiger partial charge in [-0.05, 0) is 36.7 Å². The average Bonchev–Trinajstić information content (AvgIpc) is 2.56. The van der Waals surface area contributed by atoms with Gasteiger partial charge in [0.15, 0.2) is 8.32 Å². The van der Waals surface area contributed by atoms with Gasteiger partial charge in [-0.2, -0.15) is 0 Å². The van der Waals surface area contributed by atoms with Crippen LogP contribution in [-0.2, 0) is 4.43 Å². The Morgan fingerprint density at radius 3 is 1.83 bits per heavy atom. The van der Waals surface area contributed by atoms with Gasteiger partial charge in [-0.3, -0.25) is 0 Å². The molecule has 0 heterocycles. The first-order valence-electron chi connectivity index (χ1n) is 9.50. The molecule has 0 saturated carbocycles. The maximum absolute atomic E-state index is 6.92. The summed E-state index contributed by atoms with van der Waals surface area (Å²) in [5.74, 6) is 0. The van der Waals surface area contributed by atoms with Crippen LogP contribution in [0.1, 0.15) is 77.9 Å². The Kier molecular flexibility index (Phi) is 10.4. The molecule has 3 heteroatoms. The Morgan fingerprint density at radius 2 is 1.39 bits per heavy atom. The van der Waals surface area contributed by atoms with Gasteiger partial charge >= 0.3 is 0 Å². The van der Waals surface area contributed by atoms with Crippen LogP contribution in [0.3, 0.4) is 0 Å². The summed E-state index contributed by atoms with van der Waals surface area (Å²) in [5.41, 5.74) is 1.30. The lowest BCUT2D eigenvalue weighted by Crippen LogP contribution is -2.39. The van der Waals surface area contributed by atoms with Gasteiger partial charge in [0.25, 0.3) is 0 Å². The van der Waals surface area contributed by atoms with Crippen molar-refractivity contribution < 1.29 is 4.43 Å². The summed E-state index contributed by atoms with van der Waals surface area (Å²) in [6, 6.07) is 12.5. The first-order chi connectivity index (χ1) is 11.1. The van der Waals surface area contributed by atoms with Gasteiger partial charge in [0.2, 0.25) is 0 Å². The van der Waals surface area contributed by atoms with Crippen molar-refractivity contribution in [2.24, 2.45) is 0 Å². The van der Waals surface area contributed by atoms with E-state index in [-0.39, 0.29) is 6.10 Å². The molecule has 0 saturated heterocycles. The zero-order valence-electron chi connectivity index (χ0n) is 15.5. The summed E-state index contributed by atoms with van der Waals surface area (Å²) >= 11 is 3.70. The van der Waals surface area contributed by atoms with E-state index in [0.29, 0.717) is 0 Å². The molecule has 1 atom stereocenters. The summed E-state index contributed by atoms with van der Waals surface area (Å²) < 4.78 is 8.10. The molecule has 0 radical (unpaired) electrons. The number of unbranched alkanes of at least 4 members (excludes halogenated alkanes) is 3. The van der Waals surface area contributed by atoms with Gasteiger partial charge in [0, 0.05) is 4.47 Å². The monoisotopic (exact) mass is 398 g/mol. The van der Waals surface area contributed by atoms with Crippen molar-refractivity contribution >= 4 is 24.2 Å². The second kappa shape index (κ2) is 11.4. The van der Waals surface area contributed by atoms with Crippen molar-refractivity contribution in [3.63, 3.8) is 0 Å². The molecular formula is C20H35BrOSi. The first-order valence-corrected chi connectivity index (χ1v) is 12.8. The van der Waals surface area contributed by atoms with Gasteiger partial charge in [0.1, 0.15) is 0 Å². The SMILES string of the molecule is CCCC[Si](CCCC)(CCCC)O[C@@H](C)c1ccccc1Br. The molecule has 0 N–H and O–H groups in total. The van der Waals surface area contributed by atoms with Crippen LogP contribution in [0.2, 0.25) is 18.1 Å². The molecule has 0 aliphatic carbocycles. The fourth-order valence-corrected chi connectivity index (χ4v) is 8.87. The van der Waals surface area contributed by atoms with E-state index in [1.54, 1.807) is 0 Å². The van der Waals surface area contributed by atoms with Crippen LogP contribution in [0.25, 0.3) is 0 Å². The van der Waals surface area contributed by atoms with Crippen LogP contribution >= 0.6 is 15.9 Å². The fraction of sp³-hybridized carbons (Fsp3) is 0.700. The van der Waals surface area contributed by atoms with E-state index in [9.17, 15) is 0 Å². The maximum Gasteiger partial charge on any atom is 0.193 e. The molecule has 0 bridgehead atoms. The van der Waals surface area contributed by atoms with Gasteiger partial charge in [-0.25, -0.2) is 0 Å². The van der Waals surface area contributed by atoms with Crippen LogP contribution in [0.15, 0.2) is 28.7 Å². The fourth-order valence-electron chi connectivity index (χ4n) is 3.29. The molecule has 1 aromatic rings. The van der Waals surface area contributed by atoms with Crippen molar-refractivity contribution in [2.75, 3.05) is 0 Å². The highest BCUT2D eigenvalue weighted by atomic mass is 79.9. The summed E-state index contributed by atoms with van der Waals surface area (Å²) in [6.45, 7) is 9.15. The second-order valence-corrected chi connectivity index (χ2v) is 11.7. The molecular weight excluding hydrogens is 364 g/mol. The molecule has 1 nitrogen and oxygen atoms in total. The minimum Gasteiger partial charge on any atom is -0.410 e. The number of hydrogen-bond donors (Lipinski definition) is 0. The van der Waals surface area contributed by atoms with Gasteiger partial charge < -0.3 is 4.43 Å². The summed E-state index contributed by atoms with van der Waals surface area (Å²) in [5, 5.41) is 0. The predicted octanol–water partition coefficient (Wildman–Crippen LogP) is 7.87. The van der Waals surface area contributed by atoms with Crippen molar-refractivity contribution in [2.45, 2.75) is 90.5 Å². The van der Waals surface area contributed by atoms with Crippen LogP contribution in [0.5, 0.6) is 0 Å². The summed E-state index contributed by atoms with van der Waals surface area (Å²) in [7, 11) is -1.65. The quantitative estimate of drug-likeness (QED) is 0.325. The number of rotatable bonds is 12. The Balaban J connectivity index is 2.93. The van der Waals surface area contributed by atoms with Gasteiger partial charge in [-0.15, -0.1) is 0 Å². The third kappa shape index (κ3) is 7.11. The topological polar surface area (TPSA) is 9.23 Å². The Hall–Kier alpha value is -0.123. The molecule has 1 rings (SSSR count). The van der Waals surface area contributed by atoms with Crippen LogP contribution < -0.4 is 0 Å². The minimum absolute atomic E-state index is 0.197. The van der Waals surface area contributed by atoms with E-state index in [2.05, 4.69) is 67.9 Å². The normalized spacial score (nSPS) is 13.3. The van der Waals surface area contributed by atoms with Crippen molar-refractivity contribution in [3.05, 3.63) is 34.3 Å². The van der Waals surface area contributed by atoms with Crippen molar-refractivity contribution in [3.8, 4) is 0 Å². The zero-order valence-corrected chi connectivity index (χ0v) is 18.1. The zero-order chi connectivity index (χ0) is 17.1. The number of hydrogen-bond acceptors (Lipinski definition) is 1. The third-order valence-electron chi connectivity index (χ3n) is 4.73. The van der Waals surface area contributed by atoms with Crippen LogP contribution in [0, 0.1) is 0 Å². The Labute approximate surface area is 153 Å². The Morgan fingerprint density at radius 1 is 0.913 bits per heavy atom. The van der Waals surface area contributed by atoms with Crippen LogP contribution in [0.4, 0.5) is 0 Å². The average molecular weight is 399 g/mol. The predicted molar refractivity (Wildman–Crippen MR) is 109 cm³/mol. The van der Waals surface area contributed by atoms with E-state index >= 15 is 0 Å². The third-order valence-corrected chi connectivity index (χ3v) is 10.1. The van der Waals surface area contributed by atoms with Gasteiger partial charge in [-0.1, -0.05) is 93.4 Å². The van der Waals surface area contributed by atoms with E-state index in [1.807, 2.05) is 0 Å². The van der Waals surface area contributed by atoms with E-state index in [4.69, 9.17) is 4.43 Å². The van der Waals surface area contributed by atoms with Crippen molar-refractivity contribution in [1.29, 1.82) is 0 Å². The minimum atomic E-state index is -1.65. The molecule has 1 aromatic carbocycles. The second-order valence-electron chi connectivity index (χ2n) is 6.78.